The van der Waals surface area contributed by atoms with Crippen LogP contribution in [-0.2, 0) is 13.2 Å². The summed E-state index contributed by atoms with van der Waals surface area (Å²) in [5.41, 5.74) is 1.17. The number of halogens is 1. The summed E-state index contributed by atoms with van der Waals surface area (Å²) in [6.07, 6.45) is 1.50. The molecule has 1 aromatic carbocycles. The van der Waals surface area contributed by atoms with Crippen molar-refractivity contribution in [1.29, 1.82) is 5.26 Å². The van der Waals surface area contributed by atoms with Crippen molar-refractivity contribution in [2.75, 3.05) is 0 Å². The van der Waals surface area contributed by atoms with Crippen LogP contribution in [-0.4, -0.2) is 10.1 Å². The summed E-state index contributed by atoms with van der Waals surface area (Å²) in [7, 11) is 0. The molecule has 1 aromatic heterocycles. The molecule has 0 aliphatic carbocycles. The van der Waals surface area contributed by atoms with E-state index in [1.807, 2.05) is 6.07 Å². The number of para-hydroxylation sites is 1. The zero-order valence-electron chi connectivity index (χ0n) is 10.0. The van der Waals surface area contributed by atoms with Gasteiger partial charge < -0.3 is 9.84 Å². The number of hydrogen-bond donors (Lipinski definition) is 1. The Balaban J connectivity index is 2.22. The van der Waals surface area contributed by atoms with Gasteiger partial charge in [0.2, 0.25) is 0 Å². The van der Waals surface area contributed by atoms with Gasteiger partial charge in [0, 0.05) is 17.3 Å². The number of pyridine rings is 1. The Kier molecular flexibility index (Phi) is 4.06. The first kappa shape index (κ1) is 13.0. The second kappa shape index (κ2) is 5.94. The molecule has 96 valence electrons. The van der Waals surface area contributed by atoms with Crippen LogP contribution in [0, 0.1) is 17.1 Å². The van der Waals surface area contributed by atoms with Crippen LogP contribution in [0.4, 0.5) is 4.39 Å². The molecule has 0 fully saturated rings. The maximum Gasteiger partial charge on any atom is 0.165 e. The molecule has 1 N–H and O–H groups in total. The maximum absolute atomic E-state index is 13.6. The van der Waals surface area contributed by atoms with E-state index in [1.165, 1.54) is 18.3 Å². The number of ether oxygens (including phenoxy) is 1. The van der Waals surface area contributed by atoms with Crippen LogP contribution in [0.1, 0.15) is 16.8 Å². The molecule has 2 aromatic rings. The van der Waals surface area contributed by atoms with Gasteiger partial charge in [-0.05, 0) is 12.1 Å². The average Bonchev–Trinajstić information content (AvgIpc) is 2.46. The fourth-order valence-corrected chi connectivity index (χ4v) is 1.65. The highest BCUT2D eigenvalue weighted by Gasteiger charge is 2.10. The third kappa shape index (κ3) is 2.87. The summed E-state index contributed by atoms with van der Waals surface area (Å²) in [6, 6.07) is 9.63. The first-order valence-corrected chi connectivity index (χ1v) is 5.61. The van der Waals surface area contributed by atoms with Crippen LogP contribution in [0.2, 0.25) is 0 Å². The molecule has 0 saturated carbocycles. The van der Waals surface area contributed by atoms with Gasteiger partial charge in [0.25, 0.3) is 0 Å². The second-order valence-corrected chi connectivity index (χ2v) is 3.80. The smallest absolute Gasteiger partial charge is 0.165 e. The number of aromatic nitrogens is 1. The van der Waals surface area contributed by atoms with Crippen LogP contribution < -0.4 is 4.74 Å². The molecule has 1 heterocycles. The minimum atomic E-state index is -0.547. The Hall–Kier alpha value is -2.45. The van der Waals surface area contributed by atoms with Crippen LogP contribution in [0.25, 0.3) is 0 Å². The number of aliphatic hydroxyl groups is 1. The second-order valence-electron chi connectivity index (χ2n) is 3.80. The van der Waals surface area contributed by atoms with E-state index >= 15 is 0 Å². The molecule has 19 heavy (non-hydrogen) atoms. The van der Waals surface area contributed by atoms with Crippen LogP contribution >= 0.6 is 0 Å². The van der Waals surface area contributed by atoms with E-state index in [9.17, 15) is 4.39 Å². The summed E-state index contributed by atoms with van der Waals surface area (Å²) in [6.45, 7) is -0.296. The lowest BCUT2D eigenvalue weighted by molar-refractivity contribution is 0.251. The SMILES string of the molecule is N#Cc1ncccc1COc1c(F)cccc1CO. The lowest BCUT2D eigenvalue weighted by Gasteiger charge is -2.11. The highest BCUT2D eigenvalue weighted by molar-refractivity contribution is 5.35. The number of nitrogens with zero attached hydrogens (tertiary/aromatic N) is 2. The summed E-state index contributed by atoms with van der Waals surface area (Å²) >= 11 is 0. The molecule has 0 amide bonds. The zero-order valence-corrected chi connectivity index (χ0v) is 10.0. The molecule has 4 nitrogen and oxygen atoms in total. The molecule has 0 bridgehead atoms. The lowest BCUT2D eigenvalue weighted by Crippen LogP contribution is -2.03. The molecule has 0 spiro atoms. The van der Waals surface area contributed by atoms with Crippen LogP contribution in [0.5, 0.6) is 5.75 Å². The molecule has 0 aliphatic heterocycles. The summed E-state index contributed by atoms with van der Waals surface area (Å²) in [4.78, 5) is 3.89. The third-order valence-electron chi connectivity index (χ3n) is 2.59. The molecular formula is C14H11FN2O2. The van der Waals surface area contributed by atoms with Gasteiger partial charge in [0.1, 0.15) is 18.4 Å². The van der Waals surface area contributed by atoms with Crippen molar-refractivity contribution in [2.45, 2.75) is 13.2 Å². The Morgan fingerprint density at radius 2 is 2.05 bits per heavy atom. The molecule has 2 rings (SSSR count). The molecule has 0 unspecified atom stereocenters. The maximum atomic E-state index is 13.6. The van der Waals surface area contributed by atoms with Gasteiger partial charge in [-0.1, -0.05) is 18.2 Å². The Bertz CT molecular complexity index is 623. The lowest BCUT2D eigenvalue weighted by atomic mass is 10.2. The van der Waals surface area contributed by atoms with E-state index in [1.54, 1.807) is 18.2 Å². The number of aliphatic hydroxyl groups excluding tert-OH is 1. The normalized spacial score (nSPS) is 9.95. The van der Waals surface area contributed by atoms with E-state index < -0.39 is 5.82 Å². The van der Waals surface area contributed by atoms with Gasteiger partial charge in [-0.25, -0.2) is 9.37 Å². The van der Waals surface area contributed by atoms with Crippen molar-refractivity contribution >= 4 is 0 Å². The molecular weight excluding hydrogens is 247 g/mol. The van der Waals surface area contributed by atoms with Crippen molar-refractivity contribution in [1.82, 2.24) is 4.98 Å². The van der Waals surface area contributed by atoms with Crippen molar-refractivity contribution in [3.05, 3.63) is 59.2 Å². The standard InChI is InChI=1S/C14H11FN2O2/c15-12-5-1-3-10(8-18)14(12)19-9-11-4-2-6-17-13(11)7-16/h1-6,18H,8-9H2. The molecule has 0 aliphatic rings. The fourth-order valence-electron chi connectivity index (χ4n) is 1.65. The highest BCUT2D eigenvalue weighted by atomic mass is 19.1. The summed E-state index contributed by atoms with van der Waals surface area (Å²) < 4.78 is 19.0. The van der Waals surface area contributed by atoms with Crippen LogP contribution in [0.15, 0.2) is 36.5 Å². The van der Waals surface area contributed by atoms with Crippen molar-refractivity contribution in [3.8, 4) is 11.8 Å². The summed E-state index contributed by atoms with van der Waals surface area (Å²) in [5.74, 6) is -0.549. The quantitative estimate of drug-likeness (QED) is 0.912. The van der Waals surface area contributed by atoms with E-state index in [2.05, 4.69) is 4.98 Å². The summed E-state index contributed by atoms with van der Waals surface area (Å²) in [5, 5.41) is 18.0. The predicted octanol–water partition coefficient (Wildman–Crippen LogP) is 2.16. The van der Waals surface area contributed by atoms with Gasteiger partial charge in [-0.3, -0.25) is 0 Å². The minimum absolute atomic E-state index is 0.00209. The van der Waals surface area contributed by atoms with Gasteiger partial charge in [-0.15, -0.1) is 0 Å². The van der Waals surface area contributed by atoms with E-state index in [0.29, 0.717) is 11.1 Å². The highest BCUT2D eigenvalue weighted by Crippen LogP contribution is 2.24. The number of hydrogen-bond acceptors (Lipinski definition) is 4. The van der Waals surface area contributed by atoms with E-state index in [0.717, 1.165) is 0 Å². The zero-order chi connectivity index (χ0) is 13.7. The molecule has 0 radical (unpaired) electrons. The minimum Gasteiger partial charge on any atom is -0.485 e. The number of nitriles is 1. The Morgan fingerprint density at radius 1 is 1.26 bits per heavy atom. The first-order chi connectivity index (χ1) is 9.26. The van der Waals surface area contributed by atoms with E-state index in [4.69, 9.17) is 15.1 Å². The number of benzene rings is 1. The van der Waals surface area contributed by atoms with Crippen molar-refractivity contribution in [2.24, 2.45) is 0 Å². The van der Waals surface area contributed by atoms with Crippen molar-refractivity contribution in [3.63, 3.8) is 0 Å². The topological polar surface area (TPSA) is 66.1 Å². The first-order valence-electron chi connectivity index (χ1n) is 5.61. The molecule has 0 saturated heterocycles. The third-order valence-corrected chi connectivity index (χ3v) is 2.59. The molecule has 5 heteroatoms. The largest absolute Gasteiger partial charge is 0.485 e. The van der Waals surface area contributed by atoms with Gasteiger partial charge in [-0.2, -0.15) is 5.26 Å². The van der Waals surface area contributed by atoms with Crippen LogP contribution in [0.3, 0.4) is 0 Å². The monoisotopic (exact) mass is 258 g/mol. The number of rotatable bonds is 4. The van der Waals surface area contributed by atoms with E-state index in [-0.39, 0.29) is 24.7 Å². The van der Waals surface area contributed by atoms with Crippen molar-refractivity contribution < 1.29 is 14.2 Å². The van der Waals surface area contributed by atoms with Gasteiger partial charge in [0.15, 0.2) is 11.6 Å². The average molecular weight is 258 g/mol. The fraction of sp³-hybridized carbons (Fsp3) is 0.143. The van der Waals surface area contributed by atoms with Gasteiger partial charge in [0.05, 0.1) is 6.61 Å². The molecule has 0 atom stereocenters. The van der Waals surface area contributed by atoms with Gasteiger partial charge >= 0.3 is 0 Å². The predicted molar refractivity (Wildman–Crippen MR) is 65.6 cm³/mol. The Morgan fingerprint density at radius 3 is 2.79 bits per heavy atom. The Labute approximate surface area is 109 Å².